The van der Waals surface area contributed by atoms with Gasteiger partial charge in [-0.3, -0.25) is 4.40 Å². The first-order valence-corrected chi connectivity index (χ1v) is 5.17. The molecule has 0 bridgehead atoms. The molecule has 0 spiro atoms. The molecule has 3 nitrogen and oxygen atoms in total. The van der Waals surface area contributed by atoms with Crippen LogP contribution in [0.2, 0.25) is 0 Å². The van der Waals surface area contributed by atoms with Gasteiger partial charge in [-0.05, 0) is 0 Å². The van der Waals surface area contributed by atoms with Gasteiger partial charge in [0.25, 0.3) is 0 Å². The van der Waals surface area contributed by atoms with E-state index in [-0.39, 0.29) is 5.88 Å². The van der Waals surface area contributed by atoms with Crippen molar-refractivity contribution >= 4 is 16.3 Å². The number of fused-ring (bicyclic) bond motifs is 1. The highest BCUT2D eigenvalue weighted by Gasteiger charge is 2.58. The highest BCUT2D eigenvalue weighted by Crippen LogP contribution is 2.35. The molecule has 0 aliphatic rings. The molecule has 0 amide bonds. The number of hydrogen-bond acceptors (Lipinski definition) is 3. The lowest BCUT2D eigenvalue weighted by Crippen LogP contribution is -2.41. The third-order valence-corrected chi connectivity index (χ3v) is 2.66. The maximum Gasteiger partial charge on any atom is 0.456 e. The van der Waals surface area contributed by atoms with Crippen LogP contribution in [0.1, 0.15) is 0 Å². The van der Waals surface area contributed by atoms with Gasteiger partial charge in [-0.1, -0.05) is 0 Å². The first-order chi connectivity index (χ1) is 7.79. The summed E-state index contributed by atoms with van der Waals surface area (Å²) >= 11 is 1.21. The smallest absolute Gasteiger partial charge is 0.456 e. The highest BCUT2D eigenvalue weighted by molar-refractivity contribution is 7.15. The molecular formula is C8H5F5N2OS. The number of imidazole rings is 1. The van der Waals surface area contributed by atoms with E-state index in [2.05, 4.69) is 9.72 Å². The third kappa shape index (κ3) is 2.33. The lowest BCUT2D eigenvalue weighted by Gasteiger charge is -2.18. The molecule has 0 unspecified atom stereocenters. The van der Waals surface area contributed by atoms with E-state index >= 15 is 0 Å². The van der Waals surface area contributed by atoms with Crippen molar-refractivity contribution in [3.63, 3.8) is 0 Å². The minimum Gasteiger partial charge on any atom is -0.470 e. The summed E-state index contributed by atoms with van der Waals surface area (Å²) in [7, 11) is 0. The molecule has 2 aromatic rings. The fraction of sp³-hybridized carbons (Fsp3) is 0.375. The fourth-order valence-electron chi connectivity index (χ4n) is 1.02. The minimum atomic E-state index is -5.62. The quantitative estimate of drug-likeness (QED) is 0.803. The van der Waals surface area contributed by atoms with Gasteiger partial charge in [0.05, 0.1) is 6.20 Å². The van der Waals surface area contributed by atoms with E-state index in [9.17, 15) is 22.0 Å². The molecule has 0 saturated carbocycles. The van der Waals surface area contributed by atoms with E-state index in [1.54, 1.807) is 11.6 Å². The van der Waals surface area contributed by atoms with Crippen LogP contribution in [0.25, 0.3) is 4.96 Å². The molecule has 0 aromatic carbocycles. The van der Waals surface area contributed by atoms with E-state index in [0.717, 1.165) is 0 Å². The van der Waals surface area contributed by atoms with Crippen LogP contribution in [0.5, 0.6) is 5.88 Å². The van der Waals surface area contributed by atoms with Crippen molar-refractivity contribution in [1.29, 1.82) is 0 Å². The molecule has 17 heavy (non-hydrogen) atoms. The van der Waals surface area contributed by atoms with Crippen LogP contribution in [0.15, 0.2) is 17.8 Å². The van der Waals surface area contributed by atoms with Gasteiger partial charge in [0, 0.05) is 11.6 Å². The molecule has 0 N–H and O–H groups in total. The predicted octanol–water partition coefficient (Wildman–Crippen LogP) is 2.97. The number of nitrogens with zero attached hydrogens (tertiary/aromatic N) is 2. The Bertz CT molecular complexity index is 489. The van der Waals surface area contributed by atoms with Crippen molar-refractivity contribution in [1.82, 2.24) is 9.38 Å². The van der Waals surface area contributed by atoms with Gasteiger partial charge in [0.2, 0.25) is 5.88 Å². The Hall–Kier alpha value is -1.38. The topological polar surface area (TPSA) is 26.5 Å². The first-order valence-electron chi connectivity index (χ1n) is 4.29. The Balaban J connectivity index is 2.06. The van der Waals surface area contributed by atoms with Crippen LogP contribution < -0.4 is 4.74 Å². The zero-order valence-corrected chi connectivity index (χ0v) is 8.86. The molecule has 0 radical (unpaired) electrons. The zero-order chi connectivity index (χ0) is 12.7. The molecule has 94 valence electrons. The molecule has 0 aliphatic carbocycles. The SMILES string of the molecule is FC(F)(F)C(F)(F)COc1cn2ccsc2n1. The second-order valence-corrected chi connectivity index (χ2v) is 4.04. The van der Waals surface area contributed by atoms with Gasteiger partial charge in [0.1, 0.15) is 0 Å². The molecule has 0 atom stereocenters. The third-order valence-electron chi connectivity index (χ3n) is 1.89. The molecular weight excluding hydrogens is 267 g/mol. The van der Waals surface area contributed by atoms with Gasteiger partial charge >= 0.3 is 12.1 Å². The molecule has 2 aromatic heterocycles. The van der Waals surface area contributed by atoms with Crippen molar-refractivity contribution in [2.24, 2.45) is 0 Å². The Kier molecular flexibility index (Phi) is 2.72. The van der Waals surface area contributed by atoms with Crippen molar-refractivity contribution in [3.05, 3.63) is 17.8 Å². The molecule has 9 heteroatoms. The van der Waals surface area contributed by atoms with E-state index in [0.29, 0.717) is 4.96 Å². The van der Waals surface area contributed by atoms with E-state index in [4.69, 9.17) is 0 Å². The van der Waals surface area contributed by atoms with Gasteiger partial charge in [-0.2, -0.15) is 26.9 Å². The Morgan fingerprint density at radius 3 is 2.59 bits per heavy atom. The monoisotopic (exact) mass is 272 g/mol. The molecule has 0 fully saturated rings. The standard InChI is InChI=1S/C8H5F5N2OS/c9-7(10,8(11,12)13)4-16-5-3-15-1-2-17-6(15)14-5/h1-3H,4H2. The second kappa shape index (κ2) is 3.83. The maximum absolute atomic E-state index is 12.5. The molecule has 2 heterocycles. The Morgan fingerprint density at radius 1 is 1.29 bits per heavy atom. The Labute approximate surface area is 95.4 Å². The van der Waals surface area contributed by atoms with Crippen LogP contribution >= 0.6 is 11.3 Å². The summed E-state index contributed by atoms with van der Waals surface area (Å²) < 4.78 is 66.3. The number of thiazole rings is 1. The average molecular weight is 272 g/mol. The summed E-state index contributed by atoms with van der Waals surface area (Å²) in [6.07, 6.45) is -2.80. The summed E-state index contributed by atoms with van der Waals surface area (Å²) in [6.45, 7) is -1.78. The van der Waals surface area contributed by atoms with Crippen molar-refractivity contribution in [2.75, 3.05) is 6.61 Å². The predicted molar refractivity (Wildman–Crippen MR) is 49.6 cm³/mol. The van der Waals surface area contributed by atoms with Crippen molar-refractivity contribution in [2.45, 2.75) is 12.1 Å². The van der Waals surface area contributed by atoms with Crippen molar-refractivity contribution < 1.29 is 26.7 Å². The molecule has 0 saturated heterocycles. The van der Waals surface area contributed by atoms with E-state index in [1.807, 2.05) is 0 Å². The number of rotatable bonds is 3. The Morgan fingerprint density at radius 2 is 2.00 bits per heavy atom. The fourth-order valence-corrected chi connectivity index (χ4v) is 1.71. The van der Waals surface area contributed by atoms with E-state index in [1.165, 1.54) is 21.9 Å². The number of hydrogen-bond donors (Lipinski definition) is 0. The lowest BCUT2D eigenvalue weighted by atomic mass is 10.3. The zero-order valence-electron chi connectivity index (χ0n) is 8.04. The summed E-state index contributed by atoms with van der Waals surface area (Å²) in [5, 5.41) is 1.69. The van der Waals surface area contributed by atoms with Gasteiger partial charge in [0.15, 0.2) is 11.6 Å². The van der Waals surface area contributed by atoms with Crippen molar-refractivity contribution in [3.8, 4) is 5.88 Å². The van der Waals surface area contributed by atoms with Gasteiger partial charge in [-0.15, -0.1) is 11.3 Å². The summed E-state index contributed by atoms with van der Waals surface area (Å²) in [4.78, 5) is 4.17. The van der Waals surface area contributed by atoms with Crippen LogP contribution in [0, 0.1) is 0 Å². The normalized spacial score (nSPS) is 13.2. The van der Waals surface area contributed by atoms with Crippen LogP contribution in [-0.2, 0) is 0 Å². The van der Waals surface area contributed by atoms with Crippen LogP contribution in [-0.4, -0.2) is 28.1 Å². The lowest BCUT2D eigenvalue weighted by molar-refractivity contribution is -0.290. The highest BCUT2D eigenvalue weighted by atomic mass is 32.1. The van der Waals surface area contributed by atoms with E-state index < -0.39 is 18.7 Å². The van der Waals surface area contributed by atoms with Gasteiger partial charge < -0.3 is 4.74 Å². The summed E-state index contributed by atoms with van der Waals surface area (Å²) in [5.41, 5.74) is 0. The average Bonchev–Trinajstić information content (AvgIpc) is 2.71. The number of aromatic nitrogens is 2. The van der Waals surface area contributed by atoms with Gasteiger partial charge in [-0.25, -0.2) is 0 Å². The van der Waals surface area contributed by atoms with Crippen LogP contribution in [0.4, 0.5) is 22.0 Å². The largest absolute Gasteiger partial charge is 0.470 e. The summed E-state index contributed by atoms with van der Waals surface area (Å²) in [5.74, 6) is -5.15. The number of halogens is 5. The summed E-state index contributed by atoms with van der Waals surface area (Å²) in [6, 6.07) is 0. The minimum absolute atomic E-state index is 0.263. The number of alkyl halides is 5. The molecule has 0 aliphatic heterocycles. The maximum atomic E-state index is 12.5. The molecule has 2 rings (SSSR count). The first kappa shape index (κ1) is 12.1. The second-order valence-electron chi connectivity index (χ2n) is 3.16. The van der Waals surface area contributed by atoms with Crippen LogP contribution in [0.3, 0.4) is 0 Å². The number of ether oxygens (including phenoxy) is 1.